The Hall–Kier alpha value is -3.11. The number of hydrogen-bond acceptors (Lipinski definition) is 4. The molecule has 3 aromatic rings. The second-order valence-corrected chi connectivity index (χ2v) is 7.33. The summed E-state index contributed by atoms with van der Waals surface area (Å²) in [6, 6.07) is 19.9. The third-order valence-electron chi connectivity index (χ3n) is 4.96. The van der Waals surface area contributed by atoms with Crippen LogP contribution in [0.1, 0.15) is 26.2 Å². The lowest BCUT2D eigenvalue weighted by Gasteiger charge is -2.23. The van der Waals surface area contributed by atoms with Crippen molar-refractivity contribution in [2.75, 3.05) is 6.61 Å². The first-order valence-electron chi connectivity index (χ1n) is 9.89. The Bertz CT molecular complexity index is 1030. The highest BCUT2D eigenvalue weighted by Crippen LogP contribution is 2.29. The van der Waals surface area contributed by atoms with Crippen LogP contribution in [-0.2, 0) is 9.53 Å². The quantitative estimate of drug-likeness (QED) is 0.310. The molecule has 4 nitrogen and oxygen atoms in total. The van der Waals surface area contributed by atoms with Crippen LogP contribution >= 0.6 is 0 Å². The van der Waals surface area contributed by atoms with E-state index < -0.39 is 5.97 Å². The van der Waals surface area contributed by atoms with Crippen LogP contribution in [0, 0.1) is 0 Å². The first-order valence-corrected chi connectivity index (χ1v) is 9.89. The van der Waals surface area contributed by atoms with Gasteiger partial charge in [0.05, 0.1) is 6.61 Å². The maximum absolute atomic E-state index is 11.6. The minimum atomic E-state index is -0.417. The molecule has 1 unspecified atom stereocenters. The van der Waals surface area contributed by atoms with Gasteiger partial charge >= 0.3 is 5.97 Å². The molecule has 1 aliphatic rings. The third kappa shape index (κ3) is 4.66. The van der Waals surface area contributed by atoms with Crippen LogP contribution in [0.25, 0.3) is 21.9 Å². The van der Waals surface area contributed by atoms with E-state index in [2.05, 4.69) is 36.9 Å². The number of hydrogen-bond donors (Lipinski definition) is 0. The van der Waals surface area contributed by atoms with E-state index in [0.29, 0.717) is 11.3 Å². The Morgan fingerprint density at radius 3 is 2.34 bits per heavy atom. The largest absolute Gasteiger partial charge is 0.465 e. The average molecular weight is 388 g/mol. The van der Waals surface area contributed by atoms with Crippen LogP contribution in [0.3, 0.4) is 0 Å². The van der Waals surface area contributed by atoms with Gasteiger partial charge in [0.25, 0.3) is 0 Å². The van der Waals surface area contributed by atoms with E-state index in [9.17, 15) is 4.79 Å². The highest BCUT2D eigenvalue weighted by Gasteiger charge is 2.15. The Morgan fingerprint density at radius 1 is 0.931 bits per heavy atom. The van der Waals surface area contributed by atoms with E-state index in [-0.39, 0.29) is 6.29 Å². The fourth-order valence-corrected chi connectivity index (χ4v) is 3.34. The van der Waals surface area contributed by atoms with Gasteiger partial charge in [0.1, 0.15) is 11.5 Å². The van der Waals surface area contributed by atoms with Crippen molar-refractivity contribution >= 4 is 16.7 Å². The molecule has 0 saturated carbocycles. The summed E-state index contributed by atoms with van der Waals surface area (Å²) in [7, 11) is 0. The van der Waals surface area contributed by atoms with Gasteiger partial charge in [0, 0.05) is 12.0 Å². The molecule has 0 bridgehead atoms. The summed E-state index contributed by atoms with van der Waals surface area (Å²) in [5.74, 6) is 0.926. The molecule has 0 amide bonds. The van der Waals surface area contributed by atoms with E-state index in [4.69, 9.17) is 14.2 Å². The number of benzene rings is 3. The summed E-state index contributed by atoms with van der Waals surface area (Å²) in [5.41, 5.74) is 2.53. The second kappa shape index (κ2) is 8.50. The van der Waals surface area contributed by atoms with Crippen molar-refractivity contribution in [3.05, 3.63) is 72.8 Å². The van der Waals surface area contributed by atoms with Crippen LogP contribution in [0.5, 0.6) is 11.5 Å². The second-order valence-electron chi connectivity index (χ2n) is 7.33. The molecule has 3 aromatic carbocycles. The molecule has 0 radical (unpaired) electrons. The lowest BCUT2D eigenvalue weighted by atomic mass is 10.0. The van der Waals surface area contributed by atoms with Crippen LogP contribution < -0.4 is 9.47 Å². The van der Waals surface area contributed by atoms with Crippen LogP contribution in [0.15, 0.2) is 72.8 Å². The number of fused-ring (bicyclic) bond motifs is 1. The monoisotopic (exact) mass is 388 g/mol. The summed E-state index contributed by atoms with van der Waals surface area (Å²) < 4.78 is 16.9. The van der Waals surface area contributed by atoms with Gasteiger partial charge in [-0.15, -0.1) is 0 Å². The molecular formula is C25H24O4. The first kappa shape index (κ1) is 19.2. The molecule has 0 aromatic heterocycles. The Kier molecular flexibility index (Phi) is 5.63. The zero-order valence-corrected chi connectivity index (χ0v) is 16.5. The lowest BCUT2D eigenvalue weighted by molar-refractivity contribution is -0.130. The fourth-order valence-electron chi connectivity index (χ4n) is 3.34. The molecule has 1 fully saturated rings. The molecule has 4 rings (SSSR count). The summed E-state index contributed by atoms with van der Waals surface area (Å²) in [5, 5.41) is 2.26. The summed E-state index contributed by atoms with van der Waals surface area (Å²) >= 11 is 0. The fraction of sp³-hybridized carbons (Fsp3) is 0.240. The standard InChI is InChI=1S/C25H24O4/c1-17(2)25(26)29-22-11-8-18(9-12-22)19-6-7-21-16-23(13-10-20(21)15-19)28-24-5-3-4-14-27-24/h6-13,15-16,24H,1,3-5,14H2,2H3. The molecule has 1 aliphatic heterocycles. The minimum absolute atomic E-state index is 0.141. The maximum Gasteiger partial charge on any atom is 0.338 e. The predicted molar refractivity (Wildman–Crippen MR) is 114 cm³/mol. The molecule has 0 aliphatic carbocycles. The SMILES string of the molecule is C=C(C)C(=O)Oc1ccc(-c2ccc3cc(OC4CCCCO4)ccc3c2)cc1. The van der Waals surface area contributed by atoms with Gasteiger partial charge in [-0.25, -0.2) is 4.79 Å². The zero-order valence-electron chi connectivity index (χ0n) is 16.5. The van der Waals surface area contributed by atoms with Crippen molar-refractivity contribution in [2.24, 2.45) is 0 Å². The molecule has 0 spiro atoms. The molecule has 1 atom stereocenters. The Balaban J connectivity index is 1.50. The predicted octanol–water partition coefficient (Wildman–Crippen LogP) is 5.89. The molecule has 1 heterocycles. The van der Waals surface area contributed by atoms with Gasteiger partial charge in [-0.05, 0) is 72.0 Å². The van der Waals surface area contributed by atoms with Crippen molar-refractivity contribution in [2.45, 2.75) is 32.5 Å². The van der Waals surface area contributed by atoms with Crippen molar-refractivity contribution in [3.8, 4) is 22.6 Å². The summed E-state index contributed by atoms with van der Waals surface area (Å²) in [4.78, 5) is 11.6. The Morgan fingerprint density at radius 2 is 1.62 bits per heavy atom. The van der Waals surface area contributed by atoms with E-state index >= 15 is 0 Å². The molecule has 1 saturated heterocycles. The number of rotatable bonds is 5. The van der Waals surface area contributed by atoms with Gasteiger partial charge in [-0.2, -0.15) is 0 Å². The Labute approximate surface area is 170 Å². The lowest BCUT2D eigenvalue weighted by Crippen LogP contribution is -2.24. The van der Waals surface area contributed by atoms with E-state index in [1.165, 1.54) is 0 Å². The van der Waals surface area contributed by atoms with Gasteiger partial charge in [0.15, 0.2) is 6.29 Å². The highest BCUT2D eigenvalue weighted by molar-refractivity contribution is 5.89. The van der Waals surface area contributed by atoms with Crippen LogP contribution in [-0.4, -0.2) is 18.9 Å². The van der Waals surface area contributed by atoms with E-state index in [1.807, 2.05) is 18.2 Å². The van der Waals surface area contributed by atoms with Gasteiger partial charge in [-0.3, -0.25) is 0 Å². The minimum Gasteiger partial charge on any atom is -0.465 e. The first-order chi connectivity index (χ1) is 14.1. The number of esters is 1. The molecule has 4 heteroatoms. The summed E-state index contributed by atoms with van der Waals surface area (Å²) in [6.45, 7) is 5.99. The average Bonchev–Trinajstić information content (AvgIpc) is 2.74. The van der Waals surface area contributed by atoms with Crippen molar-refractivity contribution < 1.29 is 19.0 Å². The smallest absolute Gasteiger partial charge is 0.338 e. The molecular weight excluding hydrogens is 364 g/mol. The third-order valence-corrected chi connectivity index (χ3v) is 4.96. The van der Waals surface area contributed by atoms with Crippen LogP contribution in [0.4, 0.5) is 0 Å². The molecule has 148 valence electrons. The normalized spacial score (nSPS) is 16.4. The number of ether oxygens (including phenoxy) is 3. The zero-order chi connectivity index (χ0) is 20.2. The van der Waals surface area contributed by atoms with E-state index in [1.54, 1.807) is 19.1 Å². The van der Waals surface area contributed by atoms with Crippen molar-refractivity contribution in [1.29, 1.82) is 0 Å². The topological polar surface area (TPSA) is 44.8 Å². The molecule has 29 heavy (non-hydrogen) atoms. The molecule has 0 N–H and O–H groups in total. The highest BCUT2D eigenvalue weighted by atomic mass is 16.7. The number of carbonyl (C=O) groups is 1. The van der Waals surface area contributed by atoms with Gasteiger partial charge in [-0.1, -0.05) is 36.9 Å². The van der Waals surface area contributed by atoms with Crippen LogP contribution in [0.2, 0.25) is 0 Å². The maximum atomic E-state index is 11.6. The van der Waals surface area contributed by atoms with Crippen molar-refractivity contribution in [3.63, 3.8) is 0 Å². The number of carbonyl (C=O) groups excluding carboxylic acids is 1. The summed E-state index contributed by atoms with van der Waals surface area (Å²) in [6.07, 6.45) is 3.05. The van der Waals surface area contributed by atoms with Gasteiger partial charge < -0.3 is 14.2 Å². The van der Waals surface area contributed by atoms with Crippen molar-refractivity contribution in [1.82, 2.24) is 0 Å². The van der Waals surface area contributed by atoms with E-state index in [0.717, 1.165) is 53.5 Å². The van der Waals surface area contributed by atoms with Gasteiger partial charge in [0.2, 0.25) is 0 Å².